The van der Waals surface area contributed by atoms with Gasteiger partial charge in [-0.3, -0.25) is 19.3 Å². The number of carbonyl (C=O) groups is 3. The molecule has 0 spiro atoms. The molecule has 2 aliphatic heterocycles. The molecular formula is C27H23ClN2O7. The van der Waals surface area contributed by atoms with Crippen LogP contribution in [0.1, 0.15) is 32.3 Å². The molecular weight excluding hydrogens is 500 g/mol. The predicted octanol–water partition coefficient (Wildman–Crippen LogP) is 4.13. The minimum absolute atomic E-state index is 0.259. The summed E-state index contributed by atoms with van der Waals surface area (Å²) in [4.78, 5) is 42.8. The van der Waals surface area contributed by atoms with E-state index in [2.05, 4.69) is 0 Å². The smallest absolute Gasteiger partial charge is 0.262 e. The van der Waals surface area contributed by atoms with E-state index in [-0.39, 0.29) is 11.1 Å². The molecule has 3 aromatic carbocycles. The molecule has 0 bridgehead atoms. The Labute approximate surface area is 218 Å². The summed E-state index contributed by atoms with van der Waals surface area (Å²) in [6, 6.07) is 13.0. The van der Waals surface area contributed by atoms with Crippen molar-refractivity contribution in [2.45, 2.75) is 12.1 Å². The molecule has 3 amide bonds. The van der Waals surface area contributed by atoms with Crippen LogP contribution in [0.25, 0.3) is 0 Å². The molecule has 0 radical (unpaired) electrons. The molecule has 5 rings (SSSR count). The average molecular weight is 523 g/mol. The molecule has 1 saturated heterocycles. The van der Waals surface area contributed by atoms with Gasteiger partial charge in [-0.2, -0.15) is 0 Å². The number of nitrogens with zero attached hydrogens (tertiary/aromatic N) is 2. The minimum atomic E-state index is -1.10. The third-order valence-corrected chi connectivity index (χ3v) is 6.91. The monoisotopic (exact) mass is 522 g/mol. The zero-order valence-electron chi connectivity index (χ0n) is 20.5. The van der Waals surface area contributed by atoms with Crippen LogP contribution in [0, 0.1) is 0 Å². The van der Waals surface area contributed by atoms with Gasteiger partial charge in [-0.05, 0) is 48.0 Å². The predicted molar refractivity (Wildman–Crippen MR) is 135 cm³/mol. The van der Waals surface area contributed by atoms with Gasteiger partial charge in [0.15, 0.2) is 11.5 Å². The molecule has 2 atom stereocenters. The second-order valence-corrected chi connectivity index (χ2v) is 8.81. The first-order valence-corrected chi connectivity index (χ1v) is 11.7. The van der Waals surface area contributed by atoms with Crippen LogP contribution in [-0.4, -0.2) is 57.1 Å². The molecule has 2 unspecified atom stereocenters. The van der Waals surface area contributed by atoms with Crippen LogP contribution in [0.15, 0.2) is 54.6 Å². The summed E-state index contributed by atoms with van der Waals surface area (Å²) in [7, 11) is 5.94. The first-order valence-electron chi connectivity index (χ1n) is 11.3. The van der Waals surface area contributed by atoms with Gasteiger partial charge in [0, 0.05) is 5.69 Å². The van der Waals surface area contributed by atoms with Crippen LogP contribution in [0.5, 0.6) is 23.0 Å². The fourth-order valence-corrected chi connectivity index (χ4v) is 5.13. The standard InChI is InChI=1S/C27H23ClN2O7/c1-34-19-10-9-15(13-18(19)28)29-22(14-11-20(35-2)24(37-4)21(12-14)36-3)23(27(29)33)30-25(31)16-7-5-6-8-17(16)26(30)32/h5-13,22-23H,1-4H3. The van der Waals surface area contributed by atoms with Gasteiger partial charge in [0.05, 0.1) is 50.6 Å². The normalized spacial score (nSPS) is 18.5. The first kappa shape index (κ1) is 24.5. The second kappa shape index (κ2) is 9.33. The Bertz CT molecular complexity index is 1380. The molecule has 190 valence electrons. The molecule has 2 aliphatic rings. The van der Waals surface area contributed by atoms with Gasteiger partial charge in [0.2, 0.25) is 5.75 Å². The number of benzene rings is 3. The fourth-order valence-electron chi connectivity index (χ4n) is 4.88. The Morgan fingerprint density at radius 3 is 1.73 bits per heavy atom. The van der Waals surface area contributed by atoms with Crippen LogP contribution < -0.4 is 23.8 Å². The number of amides is 3. The van der Waals surface area contributed by atoms with Crippen LogP contribution in [0.4, 0.5) is 5.69 Å². The van der Waals surface area contributed by atoms with E-state index in [9.17, 15) is 14.4 Å². The van der Waals surface area contributed by atoms with Crippen LogP contribution in [0.2, 0.25) is 5.02 Å². The van der Waals surface area contributed by atoms with E-state index in [1.165, 1.54) is 33.3 Å². The third-order valence-electron chi connectivity index (χ3n) is 6.61. The Morgan fingerprint density at radius 2 is 1.24 bits per heavy atom. The average Bonchev–Trinajstić information content (AvgIpc) is 3.16. The maximum atomic E-state index is 13.7. The van der Waals surface area contributed by atoms with E-state index in [1.807, 2.05) is 0 Å². The number of fused-ring (bicyclic) bond motifs is 1. The van der Waals surface area contributed by atoms with Crippen molar-refractivity contribution in [2.75, 3.05) is 33.3 Å². The highest BCUT2D eigenvalue weighted by Gasteiger charge is 2.57. The summed E-state index contributed by atoms with van der Waals surface area (Å²) in [5, 5.41) is 0.306. The van der Waals surface area contributed by atoms with Gasteiger partial charge in [-0.25, -0.2) is 0 Å². The Morgan fingerprint density at radius 1 is 0.676 bits per heavy atom. The van der Waals surface area contributed by atoms with Crippen molar-refractivity contribution in [2.24, 2.45) is 0 Å². The number of imide groups is 1. The topological polar surface area (TPSA) is 94.6 Å². The number of methoxy groups -OCH3 is 4. The molecule has 0 aromatic heterocycles. The molecule has 0 N–H and O–H groups in total. The SMILES string of the molecule is COc1ccc(N2C(=O)C(N3C(=O)c4ccccc4C3=O)C2c2cc(OC)c(OC)c(OC)c2)cc1Cl. The summed E-state index contributed by atoms with van der Waals surface area (Å²) in [6.45, 7) is 0. The van der Waals surface area contributed by atoms with Crippen molar-refractivity contribution >= 4 is 35.0 Å². The molecule has 9 nitrogen and oxygen atoms in total. The Balaban J connectivity index is 1.65. The molecule has 0 aliphatic carbocycles. The number of carbonyl (C=O) groups excluding carboxylic acids is 3. The minimum Gasteiger partial charge on any atom is -0.495 e. The van der Waals surface area contributed by atoms with Crippen molar-refractivity contribution in [3.05, 3.63) is 76.3 Å². The van der Waals surface area contributed by atoms with Crippen LogP contribution >= 0.6 is 11.6 Å². The second-order valence-electron chi connectivity index (χ2n) is 8.40. The Hall–Kier alpha value is -4.24. The summed E-state index contributed by atoms with van der Waals surface area (Å²) in [6.07, 6.45) is 0. The van der Waals surface area contributed by atoms with Gasteiger partial charge >= 0.3 is 0 Å². The van der Waals surface area contributed by atoms with Crippen molar-refractivity contribution in [1.82, 2.24) is 4.90 Å². The van der Waals surface area contributed by atoms with Gasteiger partial charge in [-0.1, -0.05) is 23.7 Å². The largest absolute Gasteiger partial charge is 0.495 e. The number of anilines is 1. The number of rotatable bonds is 7. The van der Waals surface area contributed by atoms with Gasteiger partial charge < -0.3 is 23.8 Å². The zero-order chi connectivity index (χ0) is 26.4. The molecule has 10 heteroatoms. The summed E-state index contributed by atoms with van der Waals surface area (Å²) in [5.41, 5.74) is 1.56. The number of ether oxygens (including phenoxy) is 4. The van der Waals surface area contributed by atoms with Gasteiger partial charge in [-0.15, -0.1) is 0 Å². The fraction of sp³-hybridized carbons (Fsp3) is 0.222. The highest BCUT2D eigenvalue weighted by atomic mass is 35.5. The number of hydrogen-bond acceptors (Lipinski definition) is 7. The van der Waals surface area contributed by atoms with Crippen molar-refractivity contribution in [1.29, 1.82) is 0 Å². The van der Waals surface area contributed by atoms with Crippen LogP contribution in [-0.2, 0) is 4.79 Å². The number of β-lactam (4-membered cyclic amide) rings is 1. The zero-order valence-corrected chi connectivity index (χ0v) is 21.2. The molecule has 37 heavy (non-hydrogen) atoms. The van der Waals surface area contributed by atoms with E-state index < -0.39 is 29.8 Å². The van der Waals surface area contributed by atoms with Gasteiger partial charge in [0.1, 0.15) is 11.8 Å². The highest BCUT2D eigenvalue weighted by Crippen LogP contribution is 2.49. The quantitative estimate of drug-likeness (QED) is 0.340. The maximum Gasteiger partial charge on any atom is 0.262 e. The van der Waals surface area contributed by atoms with E-state index in [0.717, 1.165) is 4.90 Å². The van der Waals surface area contributed by atoms with E-state index in [4.69, 9.17) is 30.5 Å². The van der Waals surface area contributed by atoms with Crippen molar-refractivity contribution in [3.63, 3.8) is 0 Å². The van der Waals surface area contributed by atoms with Gasteiger partial charge in [0.25, 0.3) is 17.7 Å². The lowest BCUT2D eigenvalue weighted by molar-refractivity contribution is -0.130. The van der Waals surface area contributed by atoms with E-state index in [1.54, 1.807) is 54.6 Å². The van der Waals surface area contributed by atoms with E-state index >= 15 is 0 Å². The first-order chi connectivity index (χ1) is 17.9. The van der Waals surface area contributed by atoms with E-state index in [0.29, 0.717) is 39.3 Å². The third kappa shape index (κ3) is 3.65. The maximum absolute atomic E-state index is 13.7. The number of hydrogen-bond donors (Lipinski definition) is 0. The molecule has 2 heterocycles. The molecule has 1 fully saturated rings. The summed E-state index contributed by atoms with van der Waals surface area (Å²) in [5.74, 6) is 0.0625. The lowest BCUT2D eigenvalue weighted by Crippen LogP contribution is -2.67. The van der Waals surface area contributed by atoms with Crippen molar-refractivity contribution in [3.8, 4) is 23.0 Å². The van der Waals surface area contributed by atoms with Crippen LogP contribution in [0.3, 0.4) is 0 Å². The highest BCUT2D eigenvalue weighted by molar-refractivity contribution is 6.32. The summed E-state index contributed by atoms with van der Waals surface area (Å²) >= 11 is 6.36. The molecule has 0 saturated carbocycles. The Kier molecular flexibility index (Phi) is 6.16. The number of halogens is 1. The lowest BCUT2D eigenvalue weighted by Gasteiger charge is -2.50. The lowest BCUT2D eigenvalue weighted by atomic mass is 9.86. The summed E-state index contributed by atoms with van der Waals surface area (Å²) < 4.78 is 21.7. The molecule has 3 aromatic rings. The van der Waals surface area contributed by atoms with Crippen molar-refractivity contribution < 1.29 is 33.3 Å².